The van der Waals surface area contributed by atoms with Gasteiger partial charge in [0.2, 0.25) is 11.8 Å². The Kier molecular flexibility index (Phi) is 6.59. The number of hydrogen-bond donors (Lipinski definition) is 1. The van der Waals surface area contributed by atoms with E-state index in [1.54, 1.807) is 55.5 Å². The number of methoxy groups -OCH3 is 1. The lowest BCUT2D eigenvalue weighted by molar-refractivity contribution is -0.130. The lowest BCUT2D eigenvalue weighted by Gasteiger charge is -2.31. The number of ether oxygens (including phenoxy) is 1. The minimum atomic E-state index is -0.504. The molecule has 1 aliphatic heterocycles. The van der Waals surface area contributed by atoms with Gasteiger partial charge in [-0.1, -0.05) is 35.5 Å². The maximum atomic E-state index is 12.8. The van der Waals surface area contributed by atoms with Gasteiger partial charge in [0.1, 0.15) is 5.75 Å². The summed E-state index contributed by atoms with van der Waals surface area (Å²) in [5.41, 5.74) is 1.61. The van der Waals surface area contributed by atoms with Gasteiger partial charge >= 0.3 is 0 Å². The summed E-state index contributed by atoms with van der Waals surface area (Å²) >= 11 is 7.24. The van der Waals surface area contributed by atoms with E-state index in [1.807, 2.05) is 12.1 Å². The van der Waals surface area contributed by atoms with Gasteiger partial charge in [0, 0.05) is 18.5 Å². The van der Waals surface area contributed by atoms with Crippen molar-refractivity contribution in [2.24, 2.45) is 4.99 Å². The van der Waals surface area contributed by atoms with Crippen LogP contribution < -0.4 is 10.1 Å². The van der Waals surface area contributed by atoms with Gasteiger partial charge in [0.15, 0.2) is 5.17 Å². The zero-order valence-electron chi connectivity index (χ0n) is 15.5. The molecule has 2 aromatic rings. The quantitative estimate of drug-likeness (QED) is 0.806. The molecule has 28 heavy (non-hydrogen) atoms. The number of aliphatic imine (C=N–C) groups is 1. The zero-order valence-corrected chi connectivity index (χ0v) is 17.1. The van der Waals surface area contributed by atoms with Gasteiger partial charge in [0.25, 0.3) is 0 Å². The first-order valence-electron chi connectivity index (χ1n) is 8.66. The predicted octanol–water partition coefficient (Wildman–Crippen LogP) is 3.62. The lowest BCUT2D eigenvalue weighted by atomic mass is 10.2. The summed E-state index contributed by atoms with van der Waals surface area (Å²) in [4.78, 5) is 31.1. The van der Waals surface area contributed by atoms with E-state index >= 15 is 0 Å². The second kappa shape index (κ2) is 9.12. The molecule has 3 rings (SSSR count). The molecule has 6 nitrogen and oxygen atoms in total. The Bertz CT molecular complexity index is 885. The van der Waals surface area contributed by atoms with Gasteiger partial charge in [-0.2, -0.15) is 0 Å². The van der Waals surface area contributed by atoms with E-state index in [-0.39, 0.29) is 18.2 Å². The Morgan fingerprint density at radius 3 is 2.54 bits per heavy atom. The highest BCUT2D eigenvalue weighted by Gasteiger charge is 2.35. The minimum Gasteiger partial charge on any atom is -0.497 e. The van der Waals surface area contributed by atoms with Crippen molar-refractivity contribution in [2.45, 2.75) is 18.2 Å². The number of nitrogens with one attached hydrogen (secondary N) is 1. The first kappa shape index (κ1) is 20.2. The number of halogens is 1. The van der Waals surface area contributed by atoms with Crippen LogP contribution in [0.3, 0.4) is 0 Å². The number of hydrogen-bond acceptors (Lipinski definition) is 5. The predicted molar refractivity (Wildman–Crippen MR) is 112 cm³/mol. The second-order valence-electron chi connectivity index (χ2n) is 6.12. The summed E-state index contributed by atoms with van der Waals surface area (Å²) in [5, 5.41) is 3.23. The highest BCUT2D eigenvalue weighted by Crippen LogP contribution is 2.31. The number of benzene rings is 2. The molecule has 8 heteroatoms. The topological polar surface area (TPSA) is 71.0 Å². The van der Waals surface area contributed by atoms with Gasteiger partial charge in [-0.05, 0) is 42.0 Å². The number of carbonyl (C=O) groups is 2. The molecule has 2 aromatic carbocycles. The second-order valence-corrected chi connectivity index (χ2v) is 7.73. The molecule has 1 fully saturated rings. The first-order valence-corrected chi connectivity index (χ1v) is 9.91. The van der Waals surface area contributed by atoms with Crippen molar-refractivity contribution in [3.63, 3.8) is 0 Å². The van der Waals surface area contributed by atoms with E-state index in [0.717, 1.165) is 11.3 Å². The summed E-state index contributed by atoms with van der Waals surface area (Å²) < 4.78 is 5.17. The molecule has 146 valence electrons. The van der Waals surface area contributed by atoms with E-state index in [1.165, 1.54) is 11.8 Å². The average molecular weight is 418 g/mol. The smallest absolute Gasteiger partial charge is 0.233 e. The molecule has 0 aromatic heterocycles. The van der Waals surface area contributed by atoms with E-state index in [0.29, 0.717) is 22.4 Å². The Balaban J connectivity index is 1.91. The highest BCUT2D eigenvalue weighted by atomic mass is 35.5. The van der Waals surface area contributed by atoms with Crippen molar-refractivity contribution in [3.05, 3.63) is 59.1 Å². The number of thioether (sulfide) groups is 1. The van der Waals surface area contributed by atoms with Crippen LogP contribution >= 0.6 is 23.4 Å². The Hall–Kier alpha value is -2.51. The molecule has 1 heterocycles. The van der Waals surface area contributed by atoms with E-state index in [4.69, 9.17) is 16.3 Å². The minimum absolute atomic E-state index is 0.125. The largest absolute Gasteiger partial charge is 0.497 e. The van der Waals surface area contributed by atoms with Crippen LogP contribution in [0.25, 0.3) is 0 Å². The fourth-order valence-corrected chi connectivity index (χ4v) is 3.98. The van der Waals surface area contributed by atoms with Crippen molar-refractivity contribution < 1.29 is 14.3 Å². The number of rotatable bonds is 5. The average Bonchev–Trinajstić information content (AvgIpc) is 2.71. The van der Waals surface area contributed by atoms with Crippen LogP contribution in [0.5, 0.6) is 5.75 Å². The van der Waals surface area contributed by atoms with Crippen LogP contribution in [0.2, 0.25) is 5.02 Å². The first-order chi connectivity index (χ1) is 13.5. The molecular weight excluding hydrogens is 398 g/mol. The van der Waals surface area contributed by atoms with E-state index in [9.17, 15) is 9.59 Å². The third-order valence-electron chi connectivity index (χ3n) is 4.23. The molecule has 1 saturated heterocycles. The maximum absolute atomic E-state index is 12.8. The Morgan fingerprint density at radius 2 is 1.93 bits per heavy atom. The number of amidine groups is 1. The third-order valence-corrected chi connectivity index (χ3v) is 5.67. The number of nitrogens with zero attached hydrogens (tertiary/aromatic N) is 2. The summed E-state index contributed by atoms with van der Waals surface area (Å²) in [6, 6.07) is 14.5. The van der Waals surface area contributed by atoms with Crippen LogP contribution in [0.1, 0.15) is 12.0 Å². The van der Waals surface area contributed by atoms with Gasteiger partial charge < -0.3 is 10.1 Å². The monoisotopic (exact) mass is 417 g/mol. The van der Waals surface area contributed by atoms with Gasteiger partial charge in [0.05, 0.1) is 24.6 Å². The molecule has 1 aliphatic rings. The Labute approximate surface area is 172 Å². The third kappa shape index (κ3) is 4.85. The van der Waals surface area contributed by atoms with Crippen LogP contribution in [-0.4, -0.2) is 41.3 Å². The van der Waals surface area contributed by atoms with Gasteiger partial charge in [-0.25, -0.2) is 4.99 Å². The number of amides is 2. The van der Waals surface area contributed by atoms with Crippen molar-refractivity contribution >= 4 is 46.0 Å². The van der Waals surface area contributed by atoms with Crippen molar-refractivity contribution in [2.75, 3.05) is 14.2 Å². The van der Waals surface area contributed by atoms with Gasteiger partial charge in [-0.3, -0.25) is 14.5 Å². The normalized spacial score (nSPS) is 18.2. The van der Waals surface area contributed by atoms with Crippen LogP contribution in [-0.2, 0) is 16.1 Å². The van der Waals surface area contributed by atoms with E-state index in [2.05, 4.69) is 10.3 Å². The molecule has 1 atom stereocenters. The lowest BCUT2D eigenvalue weighted by Crippen LogP contribution is -2.45. The molecule has 1 N–H and O–H groups in total. The molecule has 2 amide bonds. The molecule has 0 aliphatic carbocycles. The molecule has 0 saturated carbocycles. The molecule has 0 radical (unpaired) electrons. The summed E-state index contributed by atoms with van der Waals surface area (Å²) in [6.45, 7) is 0.360. The van der Waals surface area contributed by atoms with E-state index < -0.39 is 5.25 Å². The Morgan fingerprint density at radius 1 is 1.25 bits per heavy atom. The highest BCUT2D eigenvalue weighted by molar-refractivity contribution is 8.15. The fourth-order valence-electron chi connectivity index (χ4n) is 2.70. The summed E-state index contributed by atoms with van der Waals surface area (Å²) in [6.07, 6.45) is 0.125. The molecule has 0 bridgehead atoms. The molecular formula is C20H20ClN3O3S. The van der Waals surface area contributed by atoms with Crippen molar-refractivity contribution in [1.29, 1.82) is 0 Å². The van der Waals surface area contributed by atoms with Crippen molar-refractivity contribution in [1.82, 2.24) is 10.2 Å². The van der Waals surface area contributed by atoms with Crippen molar-refractivity contribution in [3.8, 4) is 5.75 Å². The van der Waals surface area contributed by atoms with Crippen LogP contribution in [0.4, 0.5) is 5.69 Å². The standard InChI is InChI=1S/C20H20ClN3O3S/c1-22-19(26)17-11-18(25)24(12-13-3-5-14(21)6-4-13)20(28-17)23-15-7-9-16(27-2)10-8-15/h3-10,17H,11-12H2,1-2H3,(H,22,26)/t17-/m0/s1. The van der Waals surface area contributed by atoms with Gasteiger partial charge in [-0.15, -0.1) is 0 Å². The van der Waals surface area contributed by atoms with Crippen LogP contribution in [0.15, 0.2) is 53.5 Å². The number of carbonyl (C=O) groups excluding carboxylic acids is 2. The maximum Gasteiger partial charge on any atom is 0.233 e. The molecule has 0 unspecified atom stereocenters. The summed E-state index contributed by atoms with van der Waals surface area (Å²) in [5.74, 6) is 0.388. The molecule has 0 spiro atoms. The SMILES string of the molecule is CNC(=O)[C@@H]1CC(=O)N(Cc2ccc(Cl)cc2)C(=Nc2ccc(OC)cc2)S1. The fraction of sp³-hybridized carbons (Fsp3) is 0.250. The summed E-state index contributed by atoms with van der Waals surface area (Å²) in [7, 11) is 3.16. The van der Waals surface area contributed by atoms with Crippen LogP contribution in [0, 0.1) is 0 Å². The zero-order chi connectivity index (χ0) is 20.1.